The van der Waals surface area contributed by atoms with E-state index in [2.05, 4.69) is 0 Å². The first-order valence-corrected chi connectivity index (χ1v) is 4.58. The summed E-state index contributed by atoms with van der Waals surface area (Å²) >= 11 is 0. The van der Waals surface area contributed by atoms with Crippen LogP contribution in [0.2, 0.25) is 0 Å². The number of epoxide rings is 1. The molecule has 0 bridgehead atoms. The fourth-order valence-corrected chi connectivity index (χ4v) is 1.99. The van der Waals surface area contributed by atoms with Gasteiger partial charge in [0.05, 0.1) is 6.10 Å². The van der Waals surface area contributed by atoms with Gasteiger partial charge >= 0.3 is 5.97 Å². The van der Waals surface area contributed by atoms with Gasteiger partial charge in [0.25, 0.3) is 0 Å². The number of fused-ring (bicyclic) bond motifs is 1. The molecule has 0 radical (unpaired) electrons. The van der Waals surface area contributed by atoms with Gasteiger partial charge in [0.1, 0.15) is 6.10 Å². The van der Waals surface area contributed by atoms with Crippen LogP contribution in [0.5, 0.6) is 0 Å². The van der Waals surface area contributed by atoms with Crippen LogP contribution in [-0.2, 0) is 14.3 Å². The Morgan fingerprint density at radius 2 is 2.38 bits per heavy atom. The second-order valence-corrected chi connectivity index (χ2v) is 3.72. The van der Waals surface area contributed by atoms with Crippen molar-refractivity contribution in [1.29, 1.82) is 0 Å². The van der Waals surface area contributed by atoms with Crippen LogP contribution >= 0.6 is 0 Å². The Labute approximate surface area is 75.9 Å². The summed E-state index contributed by atoms with van der Waals surface area (Å²) < 4.78 is 5.19. The first-order chi connectivity index (χ1) is 6.18. The number of carboxylic acids is 1. The first-order valence-electron chi connectivity index (χ1n) is 4.58. The number of ether oxygens (including phenoxy) is 1. The summed E-state index contributed by atoms with van der Waals surface area (Å²) in [5.74, 6) is -0.288. The van der Waals surface area contributed by atoms with Crippen LogP contribution in [-0.4, -0.2) is 29.1 Å². The highest BCUT2D eigenvalue weighted by atomic mass is 16.6. The summed E-state index contributed by atoms with van der Waals surface area (Å²) in [6.45, 7) is 0. The fourth-order valence-electron chi connectivity index (χ4n) is 1.99. The van der Waals surface area contributed by atoms with E-state index in [0.29, 0.717) is 18.8 Å². The van der Waals surface area contributed by atoms with Crippen molar-refractivity contribution in [3.63, 3.8) is 0 Å². The number of carboxylic acid groups (broad SMARTS) is 1. The molecule has 4 heteroatoms. The molecule has 1 aliphatic heterocycles. The maximum absolute atomic E-state index is 11.1. The zero-order valence-corrected chi connectivity index (χ0v) is 7.23. The molecule has 0 spiro atoms. The smallest absolute Gasteiger partial charge is 0.303 e. The van der Waals surface area contributed by atoms with E-state index in [0.717, 1.165) is 6.42 Å². The van der Waals surface area contributed by atoms with Gasteiger partial charge in [-0.05, 0) is 18.8 Å². The van der Waals surface area contributed by atoms with Gasteiger partial charge in [0.15, 0.2) is 5.78 Å². The fraction of sp³-hybridized carbons (Fsp3) is 0.778. The van der Waals surface area contributed by atoms with Crippen molar-refractivity contribution in [2.24, 2.45) is 5.92 Å². The number of aliphatic carboxylic acids is 1. The molecule has 1 saturated heterocycles. The minimum atomic E-state index is -0.769. The SMILES string of the molecule is O=C(O)CC[C@H]1CCC(=O)[C@H]2O[C@@H]12. The van der Waals surface area contributed by atoms with Crippen LogP contribution in [0.4, 0.5) is 0 Å². The molecule has 0 aromatic heterocycles. The number of rotatable bonds is 3. The predicted molar refractivity (Wildman–Crippen MR) is 43.3 cm³/mol. The van der Waals surface area contributed by atoms with Crippen LogP contribution in [0.1, 0.15) is 25.7 Å². The lowest BCUT2D eigenvalue weighted by Crippen LogP contribution is -2.24. The number of hydrogen-bond acceptors (Lipinski definition) is 3. The number of carbonyl (C=O) groups excluding carboxylic acids is 1. The maximum atomic E-state index is 11.1. The van der Waals surface area contributed by atoms with Crippen molar-refractivity contribution in [1.82, 2.24) is 0 Å². The van der Waals surface area contributed by atoms with Crippen LogP contribution in [0, 0.1) is 5.92 Å². The number of carbonyl (C=O) groups is 2. The molecular formula is C9H12O4. The largest absolute Gasteiger partial charge is 0.481 e. The standard InChI is InChI=1S/C9H12O4/c10-6-3-1-5(2-4-7(11)12)8-9(6)13-8/h5,8-9H,1-4H2,(H,11,12)/t5-,8+,9-/m1/s1. The van der Waals surface area contributed by atoms with Gasteiger partial charge in [-0.1, -0.05) is 0 Å². The number of Topliss-reactive ketones (excluding diaryl/α,β-unsaturated/α-hetero) is 1. The van der Waals surface area contributed by atoms with Crippen molar-refractivity contribution >= 4 is 11.8 Å². The molecule has 4 nitrogen and oxygen atoms in total. The van der Waals surface area contributed by atoms with Crippen LogP contribution < -0.4 is 0 Å². The normalized spacial score (nSPS) is 36.9. The lowest BCUT2D eigenvalue weighted by atomic mass is 9.85. The minimum Gasteiger partial charge on any atom is -0.481 e. The van der Waals surface area contributed by atoms with E-state index in [1.165, 1.54) is 0 Å². The van der Waals surface area contributed by atoms with Gasteiger partial charge in [0.2, 0.25) is 0 Å². The zero-order chi connectivity index (χ0) is 9.42. The number of ketones is 1. The van der Waals surface area contributed by atoms with E-state index >= 15 is 0 Å². The Bertz CT molecular complexity index is 248. The maximum Gasteiger partial charge on any atom is 0.303 e. The predicted octanol–water partition coefficient (Wildman–Crippen LogP) is 0.598. The van der Waals surface area contributed by atoms with E-state index in [1.54, 1.807) is 0 Å². The Morgan fingerprint density at radius 1 is 1.62 bits per heavy atom. The van der Waals surface area contributed by atoms with Crippen molar-refractivity contribution in [3.8, 4) is 0 Å². The summed E-state index contributed by atoms with van der Waals surface area (Å²) in [5, 5.41) is 8.49. The highest BCUT2D eigenvalue weighted by molar-refractivity contribution is 5.86. The van der Waals surface area contributed by atoms with Gasteiger partial charge in [-0.15, -0.1) is 0 Å². The Kier molecular flexibility index (Phi) is 2.07. The molecule has 1 heterocycles. The molecule has 0 aromatic carbocycles. The minimum absolute atomic E-state index is 0.0422. The van der Waals surface area contributed by atoms with Crippen molar-refractivity contribution in [2.75, 3.05) is 0 Å². The summed E-state index contributed by atoms with van der Waals surface area (Å²) in [4.78, 5) is 21.4. The highest BCUT2D eigenvalue weighted by Gasteiger charge is 2.52. The van der Waals surface area contributed by atoms with Crippen LogP contribution in [0.25, 0.3) is 0 Å². The third-order valence-electron chi connectivity index (χ3n) is 2.80. The van der Waals surface area contributed by atoms with Crippen LogP contribution in [0.3, 0.4) is 0 Å². The average Bonchev–Trinajstić information content (AvgIpc) is 2.83. The van der Waals surface area contributed by atoms with E-state index in [-0.39, 0.29) is 24.4 Å². The lowest BCUT2D eigenvalue weighted by molar-refractivity contribution is -0.137. The second kappa shape index (κ2) is 3.10. The quantitative estimate of drug-likeness (QED) is 0.652. The second-order valence-electron chi connectivity index (χ2n) is 3.72. The van der Waals surface area contributed by atoms with E-state index in [4.69, 9.17) is 9.84 Å². The molecular weight excluding hydrogens is 172 g/mol. The molecule has 2 rings (SSSR count). The third kappa shape index (κ3) is 1.72. The van der Waals surface area contributed by atoms with Crippen molar-refractivity contribution in [3.05, 3.63) is 0 Å². The van der Waals surface area contributed by atoms with Gasteiger partial charge in [-0.3, -0.25) is 9.59 Å². The third-order valence-corrected chi connectivity index (χ3v) is 2.80. The molecule has 0 aromatic rings. The summed E-state index contributed by atoms with van der Waals surface area (Å²) in [5.41, 5.74) is 0. The van der Waals surface area contributed by atoms with E-state index in [1.807, 2.05) is 0 Å². The van der Waals surface area contributed by atoms with E-state index in [9.17, 15) is 9.59 Å². The van der Waals surface area contributed by atoms with E-state index < -0.39 is 5.97 Å². The zero-order valence-electron chi connectivity index (χ0n) is 7.23. The van der Waals surface area contributed by atoms with Gasteiger partial charge in [0, 0.05) is 12.8 Å². The van der Waals surface area contributed by atoms with Gasteiger partial charge in [-0.2, -0.15) is 0 Å². The average molecular weight is 184 g/mol. The number of hydrogen-bond donors (Lipinski definition) is 1. The molecule has 3 atom stereocenters. The molecule has 1 N–H and O–H groups in total. The summed E-state index contributed by atoms with van der Waals surface area (Å²) in [7, 11) is 0. The first kappa shape index (κ1) is 8.69. The van der Waals surface area contributed by atoms with Gasteiger partial charge in [-0.25, -0.2) is 0 Å². The highest BCUT2D eigenvalue weighted by Crippen LogP contribution is 2.40. The Hall–Kier alpha value is -0.900. The molecule has 1 aliphatic carbocycles. The molecule has 2 aliphatic rings. The van der Waals surface area contributed by atoms with Gasteiger partial charge < -0.3 is 9.84 Å². The van der Waals surface area contributed by atoms with Crippen LogP contribution in [0.15, 0.2) is 0 Å². The molecule has 72 valence electrons. The molecule has 2 fully saturated rings. The lowest BCUT2D eigenvalue weighted by Gasteiger charge is -2.15. The Balaban J connectivity index is 1.82. The monoisotopic (exact) mass is 184 g/mol. The van der Waals surface area contributed by atoms with Crippen molar-refractivity contribution in [2.45, 2.75) is 37.9 Å². The topological polar surface area (TPSA) is 66.9 Å². The summed E-state index contributed by atoms with van der Waals surface area (Å²) in [6.07, 6.45) is 2.04. The molecule has 1 saturated carbocycles. The molecule has 0 amide bonds. The summed E-state index contributed by atoms with van der Waals surface area (Å²) in [6, 6.07) is 0. The molecule has 13 heavy (non-hydrogen) atoms. The molecule has 0 unspecified atom stereocenters. The Morgan fingerprint density at radius 3 is 3.08 bits per heavy atom. The van der Waals surface area contributed by atoms with Crippen molar-refractivity contribution < 1.29 is 19.4 Å².